The van der Waals surface area contributed by atoms with Crippen LogP contribution in [0.3, 0.4) is 0 Å². The third-order valence-corrected chi connectivity index (χ3v) is 3.55. The molecule has 1 aliphatic rings. The van der Waals surface area contributed by atoms with E-state index in [0.29, 0.717) is 24.7 Å². The van der Waals surface area contributed by atoms with Gasteiger partial charge in [0.1, 0.15) is 0 Å². The zero-order chi connectivity index (χ0) is 14.7. The maximum absolute atomic E-state index is 5.11. The number of rotatable bonds is 3. The lowest BCUT2D eigenvalue weighted by Crippen LogP contribution is -2.41. The van der Waals surface area contributed by atoms with Crippen LogP contribution < -0.4 is 10.2 Å². The summed E-state index contributed by atoms with van der Waals surface area (Å²) in [5.41, 5.74) is 2.60. The van der Waals surface area contributed by atoms with E-state index in [4.69, 9.17) is 4.52 Å². The van der Waals surface area contributed by atoms with E-state index in [1.165, 1.54) is 11.3 Å². The number of anilines is 1. The summed E-state index contributed by atoms with van der Waals surface area (Å²) in [4.78, 5) is 10.8. The van der Waals surface area contributed by atoms with Crippen LogP contribution in [-0.4, -0.2) is 36.2 Å². The van der Waals surface area contributed by atoms with Crippen molar-refractivity contribution in [1.29, 1.82) is 0 Å². The largest absolute Gasteiger partial charge is 0.355 e. The molecule has 1 aliphatic heterocycles. The zero-order valence-corrected chi connectivity index (χ0v) is 15.1. The molecule has 0 aliphatic carbocycles. The van der Waals surface area contributed by atoms with E-state index in [0.717, 1.165) is 18.9 Å². The predicted octanol–water partition coefficient (Wildman–Crippen LogP) is 2.18. The molecule has 0 radical (unpaired) electrons. The number of halogens is 1. The van der Waals surface area contributed by atoms with E-state index >= 15 is 0 Å². The first-order valence-corrected chi connectivity index (χ1v) is 7.13. The molecular formula is C15H20IN5O. The Morgan fingerprint density at radius 2 is 2.23 bits per heavy atom. The molecule has 0 spiro atoms. The molecule has 1 aromatic carbocycles. The minimum absolute atomic E-state index is 0. The van der Waals surface area contributed by atoms with E-state index in [2.05, 4.69) is 49.6 Å². The number of aliphatic imine (C=N–C) groups is 1. The van der Waals surface area contributed by atoms with Crippen molar-refractivity contribution in [3.63, 3.8) is 0 Å². The maximum Gasteiger partial charge on any atom is 0.228 e. The molecule has 0 atom stereocenters. The number of fused-ring (bicyclic) bond motifs is 1. The number of aromatic nitrogens is 2. The van der Waals surface area contributed by atoms with Crippen molar-refractivity contribution >= 4 is 35.6 Å². The van der Waals surface area contributed by atoms with Crippen LogP contribution in [0.15, 0.2) is 33.8 Å². The predicted molar refractivity (Wildman–Crippen MR) is 97.0 cm³/mol. The molecule has 0 bridgehead atoms. The van der Waals surface area contributed by atoms with Gasteiger partial charge >= 0.3 is 0 Å². The second-order valence-electron chi connectivity index (χ2n) is 4.99. The summed E-state index contributed by atoms with van der Waals surface area (Å²) in [5, 5.41) is 7.15. The smallest absolute Gasteiger partial charge is 0.228 e. The summed E-state index contributed by atoms with van der Waals surface area (Å²) in [6.07, 6.45) is 1.75. The molecular weight excluding hydrogens is 393 g/mol. The van der Waals surface area contributed by atoms with Gasteiger partial charge in [0.2, 0.25) is 5.89 Å². The van der Waals surface area contributed by atoms with Crippen LogP contribution in [0, 0.1) is 6.92 Å². The average molecular weight is 413 g/mol. The van der Waals surface area contributed by atoms with E-state index in [1.54, 1.807) is 7.05 Å². The Bertz CT molecular complexity index is 655. The number of hydrogen-bond acceptors (Lipinski definition) is 4. The highest BCUT2D eigenvalue weighted by molar-refractivity contribution is 14.0. The SMILES string of the molecule is CN=C(NCCc1nc(C)no1)N1CCc2ccccc21.I. The van der Waals surface area contributed by atoms with Gasteiger partial charge in [-0.05, 0) is 25.0 Å². The van der Waals surface area contributed by atoms with E-state index in [-0.39, 0.29) is 24.0 Å². The quantitative estimate of drug-likeness (QED) is 0.475. The first-order chi connectivity index (χ1) is 10.3. The zero-order valence-electron chi connectivity index (χ0n) is 12.7. The second kappa shape index (κ2) is 7.57. The van der Waals surface area contributed by atoms with Gasteiger partial charge in [0.15, 0.2) is 11.8 Å². The van der Waals surface area contributed by atoms with Crippen LogP contribution in [0.2, 0.25) is 0 Å². The van der Waals surface area contributed by atoms with Gasteiger partial charge in [0.05, 0.1) is 0 Å². The average Bonchev–Trinajstić information content (AvgIpc) is 3.10. The molecule has 1 N–H and O–H groups in total. The van der Waals surface area contributed by atoms with Crippen molar-refractivity contribution in [2.45, 2.75) is 19.8 Å². The van der Waals surface area contributed by atoms with Crippen LogP contribution in [0.25, 0.3) is 0 Å². The fourth-order valence-electron chi connectivity index (χ4n) is 2.58. The third-order valence-electron chi connectivity index (χ3n) is 3.55. The van der Waals surface area contributed by atoms with Gasteiger partial charge in [0.25, 0.3) is 0 Å². The summed E-state index contributed by atoms with van der Waals surface area (Å²) >= 11 is 0. The summed E-state index contributed by atoms with van der Waals surface area (Å²) in [6.45, 7) is 3.49. The first-order valence-electron chi connectivity index (χ1n) is 7.13. The minimum Gasteiger partial charge on any atom is -0.355 e. The molecule has 0 amide bonds. The van der Waals surface area contributed by atoms with Gasteiger partial charge in [0, 0.05) is 32.2 Å². The first kappa shape index (κ1) is 16.7. The van der Waals surface area contributed by atoms with Crippen LogP contribution in [0.1, 0.15) is 17.3 Å². The topological polar surface area (TPSA) is 66.5 Å². The second-order valence-corrected chi connectivity index (χ2v) is 4.99. The Morgan fingerprint density at radius 1 is 1.41 bits per heavy atom. The van der Waals surface area contributed by atoms with E-state index in [1.807, 2.05) is 6.92 Å². The number of aryl methyl sites for hydroxylation is 1. The normalized spacial score (nSPS) is 13.7. The highest BCUT2D eigenvalue weighted by Gasteiger charge is 2.22. The molecule has 3 rings (SSSR count). The fraction of sp³-hybridized carbons (Fsp3) is 0.400. The molecule has 6 nitrogen and oxygen atoms in total. The molecule has 7 heteroatoms. The standard InChI is InChI=1S/C15H19N5O.HI/c1-11-18-14(21-19-11)7-9-17-15(16-2)20-10-8-12-5-3-4-6-13(12)20;/h3-6H,7-10H2,1-2H3,(H,16,17);1H. The molecule has 2 heterocycles. The van der Waals surface area contributed by atoms with Crippen LogP contribution in [0.4, 0.5) is 5.69 Å². The highest BCUT2D eigenvalue weighted by Crippen LogP contribution is 2.27. The van der Waals surface area contributed by atoms with Crippen LogP contribution in [0.5, 0.6) is 0 Å². The fourth-order valence-corrected chi connectivity index (χ4v) is 2.58. The Hall–Kier alpha value is -1.64. The Labute approximate surface area is 147 Å². The lowest BCUT2D eigenvalue weighted by molar-refractivity contribution is 0.374. The van der Waals surface area contributed by atoms with Gasteiger partial charge in [-0.15, -0.1) is 24.0 Å². The van der Waals surface area contributed by atoms with Gasteiger partial charge in [-0.25, -0.2) is 0 Å². The minimum atomic E-state index is 0. The Morgan fingerprint density at radius 3 is 2.95 bits per heavy atom. The third kappa shape index (κ3) is 3.57. The van der Waals surface area contributed by atoms with Crippen molar-refractivity contribution < 1.29 is 4.52 Å². The van der Waals surface area contributed by atoms with Gasteiger partial charge < -0.3 is 14.7 Å². The van der Waals surface area contributed by atoms with E-state index in [9.17, 15) is 0 Å². The Balaban J connectivity index is 0.00000176. The molecule has 0 fully saturated rings. The lowest BCUT2D eigenvalue weighted by atomic mass is 10.2. The summed E-state index contributed by atoms with van der Waals surface area (Å²) in [7, 11) is 1.81. The number of para-hydroxylation sites is 1. The summed E-state index contributed by atoms with van der Waals surface area (Å²) in [5.74, 6) is 2.20. The van der Waals surface area contributed by atoms with Crippen molar-refractivity contribution in [2.24, 2.45) is 4.99 Å². The number of nitrogens with zero attached hydrogens (tertiary/aromatic N) is 4. The maximum atomic E-state index is 5.11. The van der Waals surface area contributed by atoms with Crippen LogP contribution >= 0.6 is 24.0 Å². The molecule has 0 saturated heterocycles. The number of guanidine groups is 1. The Kier molecular flexibility index (Phi) is 5.76. The lowest BCUT2D eigenvalue weighted by Gasteiger charge is -2.22. The summed E-state index contributed by atoms with van der Waals surface area (Å²) < 4.78 is 5.11. The van der Waals surface area contributed by atoms with Crippen molar-refractivity contribution in [1.82, 2.24) is 15.5 Å². The van der Waals surface area contributed by atoms with Crippen molar-refractivity contribution in [2.75, 3.05) is 25.0 Å². The number of benzene rings is 1. The highest BCUT2D eigenvalue weighted by atomic mass is 127. The summed E-state index contributed by atoms with van der Waals surface area (Å²) in [6, 6.07) is 8.45. The molecule has 118 valence electrons. The molecule has 1 aromatic heterocycles. The van der Waals surface area contributed by atoms with Gasteiger partial charge in [-0.1, -0.05) is 23.4 Å². The molecule has 2 aromatic rings. The molecule has 22 heavy (non-hydrogen) atoms. The van der Waals surface area contributed by atoms with Gasteiger partial charge in [-0.2, -0.15) is 4.98 Å². The van der Waals surface area contributed by atoms with Crippen molar-refractivity contribution in [3.8, 4) is 0 Å². The molecule has 0 saturated carbocycles. The van der Waals surface area contributed by atoms with Crippen LogP contribution in [-0.2, 0) is 12.8 Å². The van der Waals surface area contributed by atoms with Gasteiger partial charge in [-0.3, -0.25) is 4.99 Å². The van der Waals surface area contributed by atoms with Crippen molar-refractivity contribution in [3.05, 3.63) is 41.5 Å². The van der Waals surface area contributed by atoms with E-state index < -0.39 is 0 Å². The molecule has 0 unspecified atom stereocenters. The monoisotopic (exact) mass is 413 g/mol. The number of hydrogen-bond donors (Lipinski definition) is 1. The number of nitrogens with one attached hydrogen (secondary N) is 1.